The first-order valence-electron chi connectivity index (χ1n) is 26.9. The number of carbonyl (C=O) groups excluding carboxylic acids is 3. The molecule has 2 aliphatic heterocycles. The fourth-order valence-electron chi connectivity index (χ4n) is 9.51. The fraction of sp³-hybridized carbons (Fsp3) is 0.239. The number of carbonyl (C=O) groups is 3. The summed E-state index contributed by atoms with van der Waals surface area (Å²) >= 11 is 1.25. The van der Waals surface area contributed by atoms with Crippen LogP contribution in [0.25, 0.3) is 0 Å². The van der Waals surface area contributed by atoms with Crippen LogP contribution in [0.4, 0.5) is 0 Å². The number of ether oxygens (including phenoxy) is 10. The Bertz CT molecular complexity index is 3150. The predicted molar refractivity (Wildman–Crippen MR) is 304 cm³/mol. The molecule has 414 valence electrons. The topological polar surface area (TPSA) is 144 Å². The lowest BCUT2D eigenvalue weighted by Crippen LogP contribution is -2.64. The van der Waals surface area contributed by atoms with Gasteiger partial charge in [-0.05, 0) is 70.8 Å². The average Bonchev–Trinajstić information content (AvgIpc) is 3.55. The molecule has 0 saturated carbocycles. The van der Waals surface area contributed by atoms with E-state index in [4.69, 9.17) is 47.4 Å². The molecule has 2 aliphatic rings. The smallest absolute Gasteiger partial charge is 0.338 e. The van der Waals surface area contributed by atoms with Crippen molar-refractivity contribution in [1.29, 1.82) is 0 Å². The highest BCUT2D eigenvalue weighted by Crippen LogP contribution is 2.40. The van der Waals surface area contributed by atoms with Crippen molar-refractivity contribution in [1.82, 2.24) is 0 Å². The molecule has 14 heteroatoms. The summed E-state index contributed by atoms with van der Waals surface area (Å²) < 4.78 is 67.9. The third-order valence-electron chi connectivity index (χ3n) is 13.6. The molecule has 0 aromatic heterocycles. The van der Waals surface area contributed by atoms with E-state index in [0.29, 0.717) is 0 Å². The van der Waals surface area contributed by atoms with Crippen molar-refractivity contribution in [3.05, 3.63) is 282 Å². The lowest BCUT2D eigenvalue weighted by atomic mass is 9.97. The molecule has 0 amide bonds. The van der Waals surface area contributed by atoms with Crippen LogP contribution in [0.2, 0.25) is 0 Å². The van der Waals surface area contributed by atoms with Crippen LogP contribution in [0.3, 0.4) is 0 Å². The van der Waals surface area contributed by atoms with E-state index in [-0.39, 0.29) is 56.3 Å². The molecule has 0 aliphatic carbocycles. The van der Waals surface area contributed by atoms with Crippen molar-refractivity contribution in [2.75, 3.05) is 13.2 Å². The van der Waals surface area contributed by atoms with Gasteiger partial charge in [-0.2, -0.15) is 0 Å². The van der Waals surface area contributed by atoms with Crippen molar-refractivity contribution in [3.63, 3.8) is 0 Å². The molecule has 8 aromatic carbocycles. The first-order valence-corrected chi connectivity index (χ1v) is 27.8. The Balaban J connectivity index is 1.04. The Hall–Kier alpha value is -7.76. The Morgan fingerprint density at radius 3 is 1.15 bits per heavy atom. The number of rotatable bonds is 24. The highest BCUT2D eigenvalue weighted by Gasteiger charge is 2.55. The van der Waals surface area contributed by atoms with E-state index in [2.05, 4.69) is 0 Å². The van der Waals surface area contributed by atoms with Gasteiger partial charge in [0.1, 0.15) is 36.0 Å². The number of thioether (sulfide) groups is 1. The van der Waals surface area contributed by atoms with E-state index in [9.17, 15) is 14.4 Å². The first-order chi connectivity index (χ1) is 39.9. The zero-order valence-corrected chi connectivity index (χ0v) is 45.1. The quantitative estimate of drug-likeness (QED) is 0.0418. The normalized spacial score (nSPS) is 22.5. The molecule has 8 aromatic rings. The largest absolute Gasteiger partial charge is 0.452 e. The van der Waals surface area contributed by atoms with Crippen molar-refractivity contribution >= 4 is 29.7 Å². The monoisotopic (exact) mass is 1110 g/mol. The van der Waals surface area contributed by atoms with Gasteiger partial charge in [-0.15, -0.1) is 0 Å². The SMILES string of the molecule is O=C(O[C@@H]1[C@@H](OC(=O)c2ccccc2)[C@H](Sc2ccccc2)O[C@H](COC2O[C@H](COCc3ccccc3)[C@@H](OCc3ccccc3)[C@H](OCc3ccccc3)[C@H]2OCc2ccccc2)[C@H]1OC(=O)c1ccccc1)c1ccccc1. The van der Waals surface area contributed by atoms with Crippen LogP contribution in [-0.4, -0.2) is 91.7 Å². The maximum atomic E-state index is 14.5. The molecule has 0 bridgehead atoms. The molecule has 0 N–H and O–H groups in total. The second-order valence-corrected chi connectivity index (χ2v) is 20.5. The van der Waals surface area contributed by atoms with Gasteiger partial charge in [0, 0.05) is 4.90 Å². The van der Waals surface area contributed by atoms with Gasteiger partial charge in [0.2, 0.25) is 0 Å². The number of esters is 3. The number of hydrogen-bond acceptors (Lipinski definition) is 14. The highest BCUT2D eigenvalue weighted by molar-refractivity contribution is 7.99. The van der Waals surface area contributed by atoms with Crippen LogP contribution in [0, 0.1) is 0 Å². The van der Waals surface area contributed by atoms with Gasteiger partial charge in [-0.3, -0.25) is 0 Å². The molecule has 2 fully saturated rings. The van der Waals surface area contributed by atoms with E-state index < -0.39 is 78.5 Å². The standard InChI is InChI=1S/C67H62O13S/c68-63(51-33-17-5-18-34-51)78-58-56(77-67(81-54-39-23-8-24-40-54)62(80-65(70)53-37-21-7-22-38-53)60(58)79-64(69)52-35-19-6-20-36-52)46-75-66-61(74-44-50-31-15-4-16-32-50)59(73-43-49-29-13-3-14-30-49)57(72-42-48-27-11-2-12-28-48)55(76-66)45-71-41-47-25-9-1-10-26-47/h1-40,55-62,66-67H,41-46H2/t55-,56-,57-,58-,59+,60+,61-,62-,66?,67+/m1/s1. The lowest BCUT2D eigenvalue weighted by molar-refractivity contribution is -0.335. The minimum absolute atomic E-state index is 0.0593. The molecule has 2 heterocycles. The van der Waals surface area contributed by atoms with E-state index >= 15 is 0 Å². The maximum absolute atomic E-state index is 14.5. The Kier molecular flexibility index (Phi) is 20.3. The molecule has 10 atom stereocenters. The molecule has 81 heavy (non-hydrogen) atoms. The summed E-state index contributed by atoms with van der Waals surface area (Å²) in [6.07, 6.45) is -10.1. The molecule has 2 saturated heterocycles. The van der Waals surface area contributed by atoms with Crippen LogP contribution >= 0.6 is 11.8 Å². The van der Waals surface area contributed by atoms with Crippen LogP contribution in [0.1, 0.15) is 53.3 Å². The van der Waals surface area contributed by atoms with E-state index in [1.54, 1.807) is 91.0 Å². The summed E-state index contributed by atoms with van der Waals surface area (Å²) in [5, 5.41) is 0. The minimum atomic E-state index is -1.48. The van der Waals surface area contributed by atoms with Crippen LogP contribution < -0.4 is 0 Å². The van der Waals surface area contributed by atoms with Crippen molar-refractivity contribution in [2.24, 2.45) is 0 Å². The summed E-state index contributed by atoms with van der Waals surface area (Å²) in [7, 11) is 0. The second-order valence-electron chi connectivity index (χ2n) is 19.3. The molecule has 0 spiro atoms. The summed E-state index contributed by atoms with van der Waals surface area (Å²) in [5.41, 5.74) is 3.30. The Labute approximate surface area is 475 Å². The Morgan fingerprint density at radius 1 is 0.333 bits per heavy atom. The lowest BCUT2D eigenvalue weighted by Gasteiger charge is -2.47. The molecular weight excluding hydrogens is 1040 g/mol. The van der Waals surface area contributed by atoms with Crippen molar-refractivity contribution in [2.45, 2.75) is 91.9 Å². The second kappa shape index (κ2) is 29.1. The van der Waals surface area contributed by atoms with Gasteiger partial charge in [0.05, 0.1) is 56.3 Å². The maximum Gasteiger partial charge on any atom is 0.338 e. The summed E-state index contributed by atoms with van der Waals surface area (Å²) in [5.74, 6) is -2.22. The van der Waals surface area contributed by atoms with Crippen molar-refractivity contribution < 1.29 is 61.8 Å². The third-order valence-corrected chi connectivity index (χ3v) is 14.8. The summed E-state index contributed by atoms with van der Waals surface area (Å²) in [6.45, 7) is 0.543. The van der Waals surface area contributed by atoms with Gasteiger partial charge in [0.15, 0.2) is 24.6 Å². The zero-order valence-electron chi connectivity index (χ0n) is 44.3. The molecule has 13 nitrogen and oxygen atoms in total. The zero-order chi connectivity index (χ0) is 55.4. The molecule has 1 unspecified atom stereocenters. The minimum Gasteiger partial charge on any atom is -0.452 e. The predicted octanol–water partition coefficient (Wildman–Crippen LogP) is 11.9. The van der Waals surface area contributed by atoms with Gasteiger partial charge < -0.3 is 47.4 Å². The van der Waals surface area contributed by atoms with Gasteiger partial charge in [0.25, 0.3) is 0 Å². The molecule has 10 rings (SSSR count). The van der Waals surface area contributed by atoms with Crippen LogP contribution in [0.5, 0.6) is 0 Å². The van der Waals surface area contributed by atoms with Gasteiger partial charge >= 0.3 is 17.9 Å². The summed E-state index contributed by atoms with van der Waals surface area (Å²) in [4.78, 5) is 44.0. The Morgan fingerprint density at radius 2 is 0.691 bits per heavy atom. The summed E-state index contributed by atoms with van der Waals surface area (Å²) in [6, 6.07) is 73.9. The average molecular weight is 1110 g/mol. The van der Waals surface area contributed by atoms with E-state index in [1.807, 2.05) is 152 Å². The fourth-order valence-corrected chi connectivity index (χ4v) is 10.6. The number of benzene rings is 8. The molecular formula is C67H62O13S. The van der Waals surface area contributed by atoms with Crippen LogP contribution in [-0.2, 0) is 73.8 Å². The van der Waals surface area contributed by atoms with Crippen molar-refractivity contribution in [3.8, 4) is 0 Å². The van der Waals surface area contributed by atoms with E-state index in [1.165, 1.54) is 11.8 Å². The highest BCUT2D eigenvalue weighted by atomic mass is 32.2. The van der Waals surface area contributed by atoms with Crippen LogP contribution in [0.15, 0.2) is 248 Å². The van der Waals surface area contributed by atoms with Gasteiger partial charge in [-0.25, -0.2) is 14.4 Å². The van der Waals surface area contributed by atoms with Gasteiger partial charge in [-0.1, -0.05) is 206 Å². The third kappa shape index (κ3) is 15.8. The molecule has 0 radical (unpaired) electrons. The number of hydrogen-bond donors (Lipinski definition) is 0. The van der Waals surface area contributed by atoms with E-state index in [0.717, 1.165) is 27.1 Å². The first kappa shape index (κ1) is 56.5.